The van der Waals surface area contributed by atoms with Crippen LogP contribution in [0.25, 0.3) is 6.08 Å². The lowest BCUT2D eigenvalue weighted by atomic mass is 10.2. The smallest absolute Gasteiger partial charge is 0.331 e. The summed E-state index contributed by atoms with van der Waals surface area (Å²) in [5, 5.41) is 13.5. The van der Waals surface area contributed by atoms with Crippen LogP contribution in [0.5, 0.6) is 0 Å². The second-order valence-electron chi connectivity index (χ2n) is 5.38. The molecule has 0 spiro atoms. The van der Waals surface area contributed by atoms with Crippen LogP contribution in [-0.2, 0) is 14.3 Å². The maximum atomic E-state index is 13.3. The molecule has 2 rings (SSSR count). The number of nitro groups is 1. The van der Waals surface area contributed by atoms with Crippen LogP contribution in [0.4, 0.5) is 15.8 Å². The number of nitrogens with one attached hydrogen (secondary N) is 1. The molecule has 0 bridgehead atoms. The van der Waals surface area contributed by atoms with Gasteiger partial charge in [0.25, 0.3) is 5.91 Å². The Morgan fingerprint density at radius 2 is 2.04 bits per heavy atom. The number of hydrogen-bond acceptors (Lipinski definition) is 5. The lowest BCUT2D eigenvalue weighted by Gasteiger charge is -2.12. The Kier molecular flexibility index (Phi) is 6.62. The second-order valence-corrected chi connectivity index (χ2v) is 5.82. The van der Waals surface area contributed by atoms with Gasteiger partial charge in [-0.25, -0.2) is 4.79 Å². The number of amides is 1. The van der Waals surface area contributed by atoms with E-state index in [1.165, 1.54) is 13.0 Å². The third kappa shape index (κ3) is 5.89. The second kappa shape index (κ2) is 8.91. The van der Waals surface area contributed by atoms with Crippen molar-refractivity contribution in [2.75, 3.05) is 5.32 Å². The van der Waals surface area contributed by atoms with Crippen molar-refractivity contribution in [3.05, 3.63) is 75.1 Å². The van der Waals surface area contributed by atoms with Crippen LogP contribution in [0.2, 0.25) is 5.02 Å². The molecule has 0 heterocycles. The van der Waals surface area contributed by atoms with E-state index in [2.05, 4.69) is 5.32 Å². The predicted molar refractivity (Wildman–Crippen MR) is 97.7 cm³/mol. The van der Waals surface area contributed by atoms with Crippen molar-refractivity contribution in [3.63, 3.8) is 0 Å². The molecular weight excluding hydrogens is 379 g/mol. The first-order valence-electron chi connectivity index (χ1n) is 7.65. The molecule has 1 amide bonds. The first-order chi connectivity index (χ1) is 12.8. The monoisotopic (exact) mass is 392 g/mol. The molecule has 27 heavy (non-hydrogen) atoms. The number of anilines is 1. The van der Waals surface area contributed by atoms with Crippen LogP contribution >= 0.6 is 11.6 Å². The first-order valence-corrected chi connectivity index (χ1v) is 8.03. The van der Waals surface area contributed by atoms with Gasteiger partial charge in [0.15, 0.2) is 6.10 Å². The number of carbonyl (C=O) groups excluding carboxylic acids is 2. The van der Waals surface area contributed by atoms with Gasteiger partial charge in [0.05, 0.1) is 4.92 Å². The number of halogens is 2. The summed E-state index contributed by atoms with van der Waals surface area (Å²) in [6.07, 6.45) is 1.44. The van der Waals surface area contributed by atoms with Crippen molar-refractivity contribution < 1.29 is 23.6 Å². The molecule has 0 aliphatic heterocycles. The van der Waals surface area contributed by atoms with Gasteiger partial charge < -0.3 is 10.1 Å². The summed E-state index contributed by atoms with van der Waals surface area (Å²) in [6.45, 7) is 1.33. The predicted octanol–water partition coefficient (Wildman–Crippen LogP) is 3.97. The molecule has 9 heteroatoms. The minimum Gasteiger partial charge on any atom is -0.449 e. The fourth-order valence-electron chi connectivity index (χ4n) is 2.02. The van der Waals surface area contributed by atoms with Crippen molar-refractivity contribution in [3.8, 4) is 0 Å². The summed E-state index contributed by atoms with van der Waals surface area (Å²) in [4.78, 5) is 33.6. The summed E-state index contributed by atoms with van der Waals surface area (Å²) in [5.41, 5.74) is -0.0949. The van der Waals surface area contributed by atoms with Crippen LogP contribution in [0.3, 0.4) is 0 Å². The molecule has 7 nitrogen and oxygen atoms in total. The molecule has 0 aliphatic carbocycles. The molecule has 0 unspecified atom stereocenters. The van der Waals surface area contributed by atoms with Gasteiger partial charge in [0.2, 0.25) is 5.82 Å². The van der Waals surface area contributed by atoms with E-state index in [-0.39, 0.29) is 5.69 Å². The molecule has 0 saturated carbocycles. The van der Waals surface area contributed by atoms with Gasteiger partial charge in [0.1, 0.15) is 0 Å². The standard InChI is InChI=1S/C18H14ClFN2O5/c1-11(27-17(23)8-5-12-3-2-4-13(19)9-12)18(24)21-14-6-7-15(20)16(10-14)22(25)26/h2-11H,1H3,(H,21,24)/b8-5+/t11-/m0/s1. The lowest BCUT2D eigenvalue weighted by molar-refractivity contribution is -0.387. The maximum absolute atomic E-state index is 13.3. The molecule has 2 aromatic rings. The molecule has 0 radical (unpaired) electrons. The fraction of sp³-hybridized carbons (Fsp3) is 0.111. The molecule has 0 fully saturated rings. The number of esters is 1. The Hall–Kier alpha value is -3.26. The highest BCUT2D eigenvalue weighted by Gasteiger charge is 2.19. The zero-order chi connectivity index (χ0) is 20.0. The molecule has 0 saturated heterocycles. The van der Waals surface area contributed by atoms with Crippen LogP contribution in [0, 0.1) is 15.9 Å². The largest absolute Gasteiger partial charge is 0.449 e. The molecule has 2 aromatic carbocycles. The third-order valence-electron chi connectivity index (χ3n) is 3.33. The van der Waals surface area contributed by atoms with Crippen LogP contribution < -0.4 is 5.32 Å². The van der Waals surface area contributed by atoms with Crippen molar-refractivity contribution >= 4 is 40.9 Å². The molecule has 0 aromatic heterocycles. The normalized spacial score (nSPS) is 11.8. The molecule has 1 N–H and O–H groups in total. The average Bonchev–Trinajstić information content (AvgIpc) is 2.61. The summed E-state index contributed by atoms with van der Waals surface area (Å²) in [6, 6.07) is 9.66. The molecule has 140 valence electrons. The SMILES string of the molecule is C[C@H](OC(=O)/C=C/c1cccc(Cl)c1)C(=O)Nc1ccc(F)c([N+](=O)[O-])c1. The van der Waals surface area contributed by atoms with Gasteiger partial charge in [0, 0.05) is 22.9 Å². The van der Waals surface area contributed by atoms with E-state index >= 15 is 0 Å². The van der Waals surface area contributed by atoms with E-state index in [1.807, 2.05) is 0 Å². The summed E-state index contributed by atoms with van der Waals surface area (Å²) < 4.78 is 18.3. The van der Waals surface area contributed by atoms with Gasteiger partial charge in [-0.3, -0.25) is 14.9 Å². The van der Waals surface area contributed by atoms with Gasteiger partial charge in [-0.05, 0) is 42.8 Å². The number of hydrogen-bond donors (Lipinski definition) is 1. The molecule has 0 aliphatic rings. The van der Waals surface area contributed by atoms with E-state index in [9.17, 15) is 24.1 Å². The summed E-state index contributed by atoms with van der Waals surface area (Å²) in [5.74, 6) is -2.51. The zero-order valence-electron chi connectivity index (χ0n) is 14.0. The quantitative estimate of drug-likeness (QED) is 0.347. The van der Waals surface area contributed by atoms with Gasteiger partial charge in [-0.2, -0.15) is 4.39 Å². The van der Waals surface area contributed by atoms with Crippen LogP contribution in [-0.4, -0.2) is 22.9 Å². The Labute approximate surface area is 158 Å². The minimum absolute atomic E-state index is 0.00506. The van der Waals surface area contributed by atoms with Gasteiger partial charge in [-0.1, -0.05) is 23.7 Å². The molecule has 1 atom stereocenters. The van der Waals surface area contributed by atoms with E-state index < -0.39 is 34.4 Å². The first kappa shape index (κ1) is 20.1. The Balaban J connectivity index is 1.96. The van der Waals surface area contributed by atoms with E-state index in [1.54, 1.807) is 24.3 Å². The van der Waals surface area contributed by atoms with Crippen LogP contribution in [0.15, 0.2) is 48.5 Å². The maximum Gasteiger partial charge on any atom is 0.331 e. The van der Waals surface area contributed by atoms with Crippen molar-refractivity contribution in [2.45, 2.75) is 13.0 Å². The van der Waals surface area contributed by atoms with Gasteiger partial charge >= 0.3 is 11.7 Å². The van der Waals surface area contributed by atoms with Crippen molar-refractivity contribution in [2.24, 2.45) is 0 Å². The van der Waals surface area contributed by atoms with E-state index in [4.69, 9.17) is 16.3 Å². The average molecular weight is 393 g/mol. The number of carbonyl (C=O) groups is 2. The number of benzene rings is 2. The third-order valence-corrected chi connectivity index (χ3v) is 3.57. The van der Waals surface area contributed by atoms with Crippen molar-refractivity contribution in [1.29, 1.82) is 0 Å². The number of nitro benzene ring substituents is 1. The number of rotatable bonds is 6. The summed E-state index contributed by atoms with van der Waals surface area (Å²) >= 11 is 5.83. The Morgan fingerprint density at radius 1 is 1.30 bits per heavy atom. The lowest BCUT2D eigenvalue weighted by Crippen LogP contribution is -2.29. The van der Waals surface area contributed by atoms with E-state index in [0.717, 1.165) is 24.3 Å². The van der Waals surface area contributed by atoms with Crippen molar-refractivity contribution in [1.82, 2.24) is 0 Å². The molecular formula is C18H14ClFN2O5. The fourth-order valence-corrected chi connectivity index (χ4v) is 2.21. The van der Waals surface area contributed by atoms with Gasteiger partial charge in [-0.15, -0.1) is 0 Å². The zero-order valence-corrected chi connectivity index (χ0v) is 14.8. The Morgan fingerprint density at radius 3 is 2.70 bits per heavy atom. The summed E-state index contributed by atoms with van der Waals surface area (Å²) in [7, 11) is 0. The van der Waals surface area contributed by atoms with E-state index in [0.29, 0.717) is 10.6 Å². The number of ether oxygens (including phenoxy) is 1. The van der Waals surface area contributed by atoms with Crippen LogP contribution in [0.1, 0.15) is 12.5 Å². The highest BCUT2D eigenvalue weighted by Crippen LogP contribution is 2.21. The Bertz CT molecular complexity index is 916. The number of nitrogens with zero attached hydrogens (tertiary/aromatic N) is 1. The minimum atomic E-state index is -1.18. The topological polar surface area (TPSA) is 98.5 Å². The highest BCUT2D eigenvalue weighted by atomic mass is 35.5. The highest BCUT2D eigenvalue weighted by molar-refractivity contribution is 6.30.